The second-order valence-corrected chi connectivity index (χ2v) is 2.31. The van der Waals surface area contributed by atoms with Gasteiger partial charge in [-0.25, -0.2) is 0 Å². The summed E-state index contributed by atoms with van der Waals surface area (Å²) >= 11 is 0. The molecular weight excluding hydrogens is 180 g/mol. The molecule has 0 saturated heterocycles. The average molecular weight is 198 g/mol. The van der Waals surface area contributed by atoms with Crippen molar-refractivity contribution in [3.8, 4) is 5.75 Å². The van der Waals surface area contributed by atoms with Gasteiger partial charge in [0.1, 0.15) is 5.75 Å². The number of aryl methyl sites for hydroxylation is 1. The maximum absolute atomic E-state index is 9.00. The summed E-state index contributed by atoms with van der Waals surface area (Å²) < 4.78 is 0. The number of carboxylic acids is 1. The molecular formula is C11H18O3. The van der Waals surface area contributed by atoms with Crippen molar-refractivity contribution in [2.45, 2.75) is 27.7 Å². The van der Waals surface area contributed by atoms with Crippen LogP contribution in [0.4, 0.5) is 0 Å². The Morgan fingerprint density at radius 3 is 1.79 bits per heavy atom. The summed E-state index contributed by atoms with van der Waals surface area (Å²) in [6.45, 7) is 6.95. The highest BCUT2D eigenvalue weighted by Crippen LogP contribution is 2.12. The maximum Gasteiger partial charge on any atom is 0.300 e. The molecule has 0 heterocycles. The van der Waals surface area contributed by atoms with Crippen LogP contribution in [0.2, 0.25) is 0 Å². The van der Waals surface area contributed by atoms with Crippen molar-refractivity contribution in [2.24, 2.45) is 0 Å². The van der Waals surface area contributed by atoms with Gasteiger partial charge in [-0.1, -0.05) is 32.0 Å². The number of carboxylic acid groups (broad SMARTS) is 1. The molecule has 0 amide bonds. The van der Waals surface area contributed by atoms with E-state index in [1.54, 1.807) is 6.07 Å². The van der Waals surface area contributed by atoms with E-state index in [4.69, 9.17) is 15.0 Å². The normalized spacial score (nSPS) is 7.43. The third-order valence-electron chi connectivity index (χ3n) is 1.12. The number of hydrogen-bond donors (Lipinski definition) is 2. The monoisotopic (exact) mass is 198 g/mol. The number of para-hydroxylation sites is 1. The van der Waals surface area contributed by atoms with E-state index in [1.807, 2.05) is 39.0 Å². The van der Waals surface area contributed by atoms with Crippen molar-refractivity contribution >= 4 is 5.97 Å². The molecule has 2 N–H and O–H groups in total. The van der Waals surface area contributed by atoms with Crippen LogP contribution in [0.3, 0.4) is 0 Å². The lowest BCUT2D eigenvalue weighted by Gasteiger charge is -1.92. The van der Waals surface area contributed by atoms with Gasteiger partial charge in [0.05, 0.1) is 0 Å². The Kier molecular flexibility index (Phi) is 10.3. The van der Waals surface area contributed by atoms with Gasteiger partial charge in [-0.3, -0.25) is 4.79 Å². The lowest BCUT2D eigenvalue weighted by molar-refractivity contribution is -0.134. The first-order valence-corrected chi connectivity index (χ1v) is 4.48. The standard InChI is InChI=1S/C7H8O.C2H4O2.C2H6/c1-6-4-2-3-5-7(6)8;1-2(3)4;1-2/h2-5,8H,1H3;1H3,(H,3,4);1-2H3. The first kappa shape index (κ1) is 15.0. The number of carbonyl (C=O) groups is 1. The fraction of sp³-hybridized carbons (Fsp3) is 0.364. The van der Waals surface area contributed by atoms with Gasteiger partial charge in [-0.2, -0.15) is 0 Å². The second kappa shape index (κ2) is 9.58. The molecule has 3 nitrogen and oxygen atoms in total. The van der Waals surface area contributed by atoms with Crippen LogP contribution in [-0.2, 0) is 4.79 Å². The SMILES string of the molecule is CC.CC(=O)O.Cc1ccccc1O. The number of rotatable bonds is 0. The molecule has 0 saturated carbocycles. The molecule has 0 spiro atoms. The molecule has 0 aromatic heterocycles. The van der Waals surface area contributed by atoms with Crippen LogP contribution in [0.15, 0.2) is 24.3 Å². The summed E-state index contributed by atoms with van der Waals surface area (Å²) in [6, 6.07) is 7.25. The van der Waals surface area contributed by atoms with E-state index < -0.39 is 5.97 Å². The molecule has 0 radical (unpaired) electrons. The number of aliphatic carboxylic acids is 1. The van der Waals surface area contributed by atoms with Gasteiger partial charge in [-0.15, -0.1) is 0 Å². The van der Waals surface area contributed by atoms with E-state index in [0.717, 1.165) is 12.5 Å². The predicted molar refractivity (Wildman–Crippen MR) is 57.5 cm³/mol. The Balaban J connectivity index is 0. The Morgan fingerprint density at radius 2 is 1.57 bits per heavy atom. The van der Waals surface area contributed by atoms with E-state index in [9.17, 15) is 0 Å². The summed E-state index contributed by atoms with van der Waals surface area (Å²) in [6.07, 6.45) is 0. The first-order valence-electron chi connectivity index (χ1n) is 4.48. The summed E-state index contributed by atoms with van der Waals surface area (Å²) in [7, 11) is 0. The molecule has 80 valence electrons. The number of hydrogen-bond acceptors (Lipinski definition) is 2. The third kappa shape index (κ3) is 10.5. The number of phenols is 1. The Hall–Kier alpha value is -1.51. The smallest absolute Gasteiger partial charge is 0.300 e. The maximum atomic E-state index is 9.00. The zero-order chi connectivity index (χ0) is 11.6. The van der Waals surface area contributed by atoms with Crippen LogP contribution in [0, 0.1) is 6.92 Å². The summed E-state index contributed by atoms with van der Waals surface area (Å²) in [5.41, 5.74) is 0.924. The molecule has 1 aromatic rings. The van der Waals surface area contributed by atoms with Crippen molar-refractivity contribution in [3.63, 3.8) is 0 Å². The topological polar surface area (TPSA) is 57.5 Å². The first-order chi connectivity index (χ1) is 6.54. The van der Waals surface area contributed by atoms with Crippen LogP contribution >= 0.6 is 0 Å². The number of aromatic hydroxyl groups is 1. The highest BCUT2D eigenvalue weighted by molar-refractivity contribution is 5.62. The Morgan fingerprint density at radius 1 is 1.21 bits per heavy atom. The van der Waals surface area contributed by atoms with E-state index in [2.05, 4.69) is 0 Å². The van der Waals surface area contributed by atoms with Gasteiger partial charge in [-0.05, 0) is 18.6 Å². The van der Waals surface area contributed by atoms with Crippen molar-refractivity contribution in [3.05, 3.63) is 29.8 Å². The van der Waals surface area contributed by atoms with Gasteiger partial charge in [0.15, 0.2) is 0 Å². The average Bonchev–Trinajstić information content (AvgIpc) is 2.13. The zero-order valence-corrected chi connectivity index (χ0v) is 9.11. The van der Waals surface area contributed by atoms with Gasteiger partial charge in [0.25, 0.3) is 5.97 Å². The van der Waals surface area contributed by atoms with Crippen LogP contribution < -0.4 is 0 Å². The predicted octanol–water partition coefficient (Wildman–Crippen LogP) is 2.82. The molecule has 0 aliphatic rings. The minimum Gasteiger partial charge on any atom is -0.508 e. The van der Waals surface area contributed by atoms with E-state index in [-0.39, 0.29) is 0 Å². The number of benzene rings is 1. The van der Waals surface area contributed by atoms with Gasteiger partial charge < -0.3 is 10.2 Å². The van der Waals surface area contributed by atoms with Crippen molar-refractivity contribution in [1.29, 1.82) is 0 Å². The fourth-order valence-electron chi connectivity index (χ4n) is 0.563. The molecule has 0 aliphatic carbocycles. The van der Waals surface area contributed by atoms with Crippen LogP contribution in [0.1, 0.15) is 26.3 Å². The molecule has 0 aliphatic heterocycles. The summed E-state index contributed by atoms with van der Waals surface area (Å²) in [5.74, 6) is -0.465. The highest BCUT2D eigenvalue weighted by atomic mass is 16.4. The van der Waals surface area contributed by atoms with E-state index in [0.29, 0.717) is 5.75 Å². The quantitative estimate of drug-likeness (QED) is 0.674. The molecule has 0 fully saturated rings. The number of phenolic OH excluding ortho intramolecular Hbond substituents is 1. The van der Waals surface area contributed by atoms with E-state index >= 15 is 0 Å². The Labute approximate surface area is 85.0 Å². The lowest BCUT2D eigenvalue weighted by Crippen LogP contribution is -1.78. The van der Waals surface area contributed by atoms with Crippen molar-refractivity contribution in [2.75, 3.05) is 0 Å². The van der Waals surface area contributed by atoms with Gasteiger partial charge >= 0.3 is 0 Å². The minimum absolute atomic E-state index is 0.368. The lowest BCUT2D eigenvalue weighted by atomic mass is 10.2. The molecule has 14 heavy (non-hydrogen) atoms. The van der Waals surface area contributed by atoms with Gasteiger partial charge in [0.2, 0.25) is 0 Å². The Bertz CT molecular complexity index is 231. The molecule has 0 unspecified atom stereocenters. The minimum atomic E-state index is -0.833. The van der Waals surface area contributed by atoms with Crippen molar-refractivity contribution in [1.82, 2.24) is 0 Å². The van der Waals surface area contributed by atoms with Crippen LogP contribution in [-0.4, -0.2) is 16.2 Å². The molecule has 3 heteroatoms. The zero-order valence-electron chi connectivity index (χ0n) is 9.11. The molecule has 1 aromatic carbocycles. The largest absolute Gasteiger partial charge is 0.508 e. The highest BCUT2D eigenvalue weighted by Gasteiger charge is 1.86. The summed E-state index contributed by atoms with van der Waals surface area (Å²) in [4.78, 5) is 9.00. The van der Waals surface area contributed by atoms with Crippen molar-refractivity contribution < 1.29 is 15.0 Å². The molecule has 0 bridgehead atoms. The van der Waals surface area contributed by atoms with Gasteiger partial charge in [0, 0.05) is 6.92 Å². The van der Waals surface area contributed by atoms with E-state index in [1.165, 1.54) is 0 Å². The fourth-order valence-corrected chi connectivity index (χ4v) is 0.563. The van der Waals surface area contributed by atoms with Crippen LogP contribution in [0.25, 0.3) is 0 Å². The summed E-state index contributed by atoms with van der Waals surface area (Å²) in [5, 5.41) is 16.3. The molecule has 0 atom stereocenters. The second-order valence-electron chi connectivity index (χ2n) is 2.31. The van der Waals surface area contributed by atoms with Crippen LogP contribution in [0.5, 0.6) is 5.75 Å². The third-order valence-corrected chi connectivity index (χ3v) is 1.12. The molecule has 1 rings (SSSR count).